The second kappa shape index (κ2) is 7.65. The van der Waals surface area contributed by atoms with Crippen LogP contribution >= 0.6 is 34.9 Å². The summed E-state index contributed by atoms with van der Waals surface area (Å²) in [7, 11) is 0. The Bertz CT molecular complexity index is 504. The standard InChI is InChI=1S/C11H13N3O3S3/c1-2-17-10(16)5-9-14(8(15)6-19-9)3-4-18-11-13-12-7-20-11/h5,7H,2-4,6H2,1H3/b9-5+. The highest BCUT2D eigenvalue weighted by atomic mass is 32.2. The molecule has 1 aromatic rings. The van der Waals surface area contributed by atoms with Crippen LogP contribution in [0, 0.1) is 0 Å². The molecule has 0 aromatic carbocycles. The number of nitrogens with zero attached hydrogens (tertiary/aromatic N) is 3. The van der Waals surface area contributed by atoms with Gasteiger partial charge >= 0.3 is 5.97 Å². The first-order chi connectivity index (χ1) is 9.70. The normalized spacial score (nSPS) is 16.9. The average molecular weight is 331 g/mol. The van der Waals surface area contributed by atoms with E-state index in [4.69, 9.17) is 4.74 Å². The van der Waals surface area contributed by atoms with E-state index in [2.05, 4.69) is 10.2 Å². The lowest BCUT2D eigenvalue weighted by atomic mass is 10.5. The Kier molecular flexibility index (Phi) is 5.86. The third kappa shape index (κ3) is 4.22. The van der Waals surface area contributed by atoms with Gasteiger partial charge in [-0.2, -0.15) is 0 Å². The van der Waals surface area contributed by atoms with E-state index in [0.29, 0.717) is 29.7 Å². The van der Waals surface area contributed by atoms with Gasteiger partial charge in [0.05, 0.1) is 23.5 Å². The Morgan fingerprint density at radius 1 is 1.65 bits per heavy atom. The molecule has 0 bridgehead atoms. The summed E-state index contributed by atoms with van der Waals surface area (Å²) in [4.78, 5) is 24.9. The molecule has 0 atom stereocenters. The molecule has 0 saturated carbocycles. The molecule has 2 rings (SSSR count). The fraction of sp³-hybridized carbons (Fsp3) is 0.455. The number of amides is 1. The van der Waals surface area contributed by atoms with Crippen molar-refractivity contribution in [2.24, 2.45) is 0 Å². The van der Waals surface area contributed by atoms with Gasteiger partial charge in [-0.1, -0.05) is 34.9 Å². The molecule has 0 aliphatic carbocycles. The lowest BCUT2D eigenvalue weighted by Gasteiger charge is -2.15. The highest BCUT2D eigenvalue weighted by Gasteiger charge is 2.27. The van der Waals surface area contributed by atoms with Crippen molar-refractivity contribution in [3.63, 3.8) is 0 Å². The van der Waals surface area contributed by atoms with Crippen LogP contribution in [0.2, 0.25) is 0 Å². The largest absolute Gasteiger partial charge is 0.463 e. The monoisotopic (exact) mass is 331 g/mol. The maximum Gasteiger partial charge on any atom is 0.333 e. The molecule has 2 heterocycles. The summed E-state index contributed by atoms with van der Waals surface area (Å²) >= 11 is 4.38. The van der Waals surface area contributed by atoms with Crippen LogP contribution in [0.15, 0.2) is 21.0 Å². The van der Waals surface area contributed by atoms with Crippen LogP contribution in [0.5, 0.6) is 0 Å². The van der Waals surface area contributed by atoms with Gasteiger partial charge in [0.1, 0.15) is 5.51 Å². The zero-order valence-electron chi connectivity index (χ0n) is 10.8. The quantitative estimate of drug-likeness (QED) is 0.445. The molecule has 1 aromatic heterocycles. The first kappa shape index (κ1) is 15.3. The van der Waals surface area contributed by atoms with Gasteiger partial charge in [-0.05, 0) is 6.92 Å². The van der Waals surface area contributed by atoms with Gasteiger partial charge in [-0.3, -0.25) is 4.79 Å². The minimum Gasteiger partial charge on any atom is -0.463 e. The summed E-state index contributed by atoms with van der Waals surface area (Å²) in [6.07, 6.45) is 1.38. The van der Waals surface area contributed by atoms with E-state index in [1.54, 1.807) is 29.1 Å². The number of rotatable bonds is 6. The van der Waals surface area contributed by atoms with Crippen molar-refractivity contribution in [2.75, 3.05) is 24.7 Å². The molecule has 0 radical (unpaired) electrons. The molecule has 1 fully saturated rings. The van der Waals surface area contributed by atoms with Crippen LogP contribution in [0.4, 0.5) is 0 Å². The number of carbonyl (C=O) groups is 2. The van der Waals surface area contributed by atoms with Crippen LogP contribution in [0.1, 0.15) is 6.92 Å². The Morgan fingerprint density at radius 2 is 2.50 bits per heavy atom. The average Bonchev–Trinajstić information content (AvgIpc) is 3.03. The first-order valence-corrected chi connectivity index (χ1v) is 8.76. The molecule has 1 saturated heterocycles. The molecule has 0 spiro atoms. The third-order valence-corrected chi connectivity index (χ3v) is 5.18. The molecule has 9 heteroatoms. The summed E-state index contributed by atoms with van der Waals surface area (Å²) in [6.45, 7) is 2.62. The van der Waals surface area contributed by atoms with Crippen LogP contribution in [-0.4, -0.2) is 51.6 Å². The van der Waals surface area contributed by atoms with Crippen molar-refractivity contribution in [1.82, 2.24) is 15.1 Å². The molecule has 1 aliphatic heterocycles. The number of aromatic nitrogens is 2. The van der Waals surface area contributed by atoms with Crippen LogP contribution in [-0.2, 0) is 14.3 Å². The second-order valence-corrected chi connectivity index (χ2v) is 6.79. The van der Waals surface area contributed by atoms with Crippen molar-refractivity contribution >= 4 is 46.7 Å². The lowest BCUT2D eigenvalue weighted by molar-refractivity contribution is -0.137. The number of ether oxygens (including phenoxy) is 1. The molecular weight excluding hydrogens is 318 g/mol. The maximum atomic E-state index is 11.8. The second-order valence-electron chi connectivity index (χ2n) is 3.62. The van der Waals surface area contributed by atoms with Gasteiger partial charge in [-0.15, -0.1) is 10.2 Å². The molecular formula is C11H13N3O3S3. The summed E-state index contributed by atoms with van der Waals surface area (Å²) in [5.41, 5.74) is 1.67. The summed E-state index contributed by atoms with van der Waals surface area (Å²) in [6, 6.07) is 0. The molecule has 0 unspecified atom stereocenters. The maximum absolute atomic E-state index is 11.8. The minimum atomic E-state index is -0.411. The fourth-order valence-electron chi connectivity index (χ4n) is 1.50. The van der Waals surface area contributed by atoms with Gasteiger partial charge in [0.15, 0.2) is 4.34 Å². The molecule has 108 valence electrons. The smallest absolute Gasteiger partial charge is 0.333 e. The zero-order chi connectivity index (χ0) is 14.4. The zero-order valence-corrected chi connectivity index (χ0v) is 13.2. The van der Waals surface area contributed by atoms with Crippen molar-refractivity contribution in [3.8, 4) is 0 Å². The van der Waals surface area contributed by atoms with E-state index in [9.17, 15) is 9.59 Å². The van der Waals surface area contributed by atoms with Gasteiger partial charge in [-0.25, -0.2) is 4.79 Å². The Hall–Kier alpha value is -1.06. The Balaban J connectivity index is 1.89. The number of thioether (sulfide) groups is 2. The predicted molar refractivity (Wildman–Crippen MR) is 79.5 cm³/mol. The van der Waals surface area contributed by atoms with E-state index >= 15 is 0 Å². The van der Waals surface area contributed by atoms with E-state index < -0.39 is 5.97 Å². The van der Waals surface area contributed by atoms with E-state index in [-0.39, 0.29) is 5.91 Å². The Labute approximate surface area is 129 Å². The topological polar surface area (TPSA) is 72.4 Å². The third-order valence-electron chi connectivity index (χ3n) is 2.32. The summed E-state index contributed by atoms with van der Waals surface area (Å²) < 4.78 is 5.74. The van der Waals surface area contributed by atoms with Crippen LogP contribution < -0.4 is 0 Å². The van der Waals surface area contributed by atoms with Crippen molar-refractivity contribution < 1.29 is 14.3 Å². The lowest BCUT2D eigenvalue weighted by Crippen LogP contribution is -2.27. The van der Waals surface area contributed by atoms with Gasteiger partial charge in [0.2, 0.25) is 5.91 Å². The first-order valence-electron chi connectivity index (χ1n) is 5.91. The minimum absolute atomic E-state index is 0.0170. The van der Waals surface area contributed by atoms with Crippen LogP contribution in [0.3, 0.4) is 0 Å². The van der Waals surface area contributed by atoms with Crippen molar-refractivity contribution in [2.45, 2.75) is 11.3 Å². The van der Waals surface area contributed by atoms with Crippen molar-refractivity contribution in [3.05, 3.63) is 16.6 Å². The fourth-order valence-corrected chi connectivity index (χ4v) is 3.94. The van der Waals surface area contributed by atoms with E-state index in [0.717, 1.165) is 4.34 Å². The molecule has 20 heavy (non-hydrogen) atoms. The molecule has 6 nitrogen and oxygen atoms in total. The Morgan fingerprint density at radius 3 is 3.20 bits per heavy atom. The summed E-state index contributed by atoms with van der Waals surface area (Å²) in [5.74, 6) is 0.686. The molecule has 1 amide bonds. The predicted octanol–water partition coefficient (Wildman–Crippen LogP) is 1.61. The summed E-state index contributed by atoms with van der Waals surface area (Å²) in [5, 5.41) is 8.34. The van der Waals surface area contributed by atoms with Gasteiger partial charge in [0.25, 0.3) is 0 Å². The van der Waals surface area contributed by atoms with Crippen LogP contribution in [0.25, 0.3) is 0 Å². The van der Waals surface area contributed by atoms with Gasteiger partial charge in [0, 0.05) is 12.3 Å². The molecule has 0 N–H and O–H groups in total. The van der Waals surface area contributed by atoms with Gasteiger partial charge < -0.3 is 9.64 Å². The number of hydrogen-bond donors (Lipinski definition) is 0. The number of hydrogen-bond acceptors (Lipinski definition) is 8. The number of carbonyl (C=O) groups excluding carboxylic acids is 2. The number of esters is 1. The van der Waals surface area contributed by atoms with E-state index in [1.165, 1.54) is 29.2 Å². The highest BCUT2D eigenvalue weighted by molar-refractivity contribution is 8.04. The van der Waals surface area contributed by atoms with Crippen molar-refractivity contribution in [1.29, 1.82) is 0 Å². The molecule has 1 aliphatic rings. The van der Waals surface area contributed by atoms with E-state index in [1.807, 2.05) is 0 Å². The highest BCUT2D eigenvalue weighted by Crippen LogP contribution is 2.29. The SMILES string of the molecule is CCOC(=O)/C=C1/SCC(=O)N1CCSc1nncs1.